The quantitative estimate of drug-likeness (QED) is 0.675. The molecule has 3 rings (SSSR count). The lowest BCUT2D eigenvalue weighted by Crippen LogP contribution is -2.49. The Morgan fingerprint density at radius 2 is 1.92 bits per heavy atom. The topological polar surface area (TPSA) is 30.9 Å². The molecule has 2 fully saturated rings. The minimum atomic E-state index is 0.439. The summed E-state index contributed by atoms with van der Waals surface area (Å²) in [7, 11) is 0. The summed E-state index contributed by atoms with van der Waals surface area (Å²) in [6.45, 7) is 10.5. The van der Waals surface area contributed by atoms with E-state index in [9.17, 15) is 0 Å². The molecule has 4 heteroatoms. The lowest BCUT2D eigenvalue weighted by molar-refractivity contribution is -0.0998. The predicted molar refractivity (Wildman–Crippen MR) is 99.6 cm³/mol. The molecule has 1 aromatic carbocycles. The van der Waals surface area contributed by atoms with Crippen molar-refractivity contribution >= 4 is 0 Å². The maximum Gasteiger partial charge on any atom is 0.0717 e. The summed E-state index contributed by atoms with van der Waals surface area (Å²) in [6.07, 6.45) is 3.74. The second-order valence-corrected chi connectivity index (χ2v) is 7.42. The van der Waals surface area contributed by atoms with Crippen LogP contribution in [-0.4, -0.2) is 57.6 Å². The van der Waals surface area contributed by atoms with Crippen LogP contribution in [0.25, 0.3) is 0 Å². The highest BCUT2D eigenvalue weighted by Gasteiger charge is 2.43. The fraction of sp³-hybridized carbons (Fsp3) is 0.714. The third kappa shape index (κ3) is 5.27. The minimum absolute atomic E-state index is 0.439. The molecule has 2 aliphatic heterocycles. The summed E-state index contributed by atoms with van der Waals surface area (Å²) in [4.78, 5) is 2.56. The Balaban J connectivity index is 1.38. The van der Waals surface area contributed by atoms with Crippen molar-refractivity contribution in [1.82, 2.24) is 4.90 Å². The van der Waals surface area contributed by atoms with E-state index in [1.807, 2.05) is 6.07 Å². The van der Waals surface area contributed by atoms with Crippen LogP contribution in [0.15, 0.2) is 30.3 Å². The molecule has 2 heterocycles. The van der Waals surface area contributed by atoms with Gasteiger partial charge in [-0.15, -0.1) is 0 Å². The van der Waals surface area contributed by atoms with Gasteiger partial charge >= 0.3 is 0 Å². The molecule has 0 unspecified atom stereocenters. The first-order valence-corrected chi connectivity index (χ1v) is 9.82. The Morgan fingerprint density at radius 1 is 1.12 bits per heavy atom. The molecule has 1 aromatic rings. The first-order valence-electron chi connectivity index (χ1n) is 9.82. The largest absolute Gasteiger partial charge is 0.381 e. The summed E-state index contributed by atoms with van der Waals surface area (Å²) in [5.74, 6) is 0.567. The minimum Gasteiger partial charge on any atom is -0.381 e. The number of ether oxygens (including phenoxy) is 3. The zero-order valence-corrected chi connectivity index (χ0v) is 15.6. The van der Waals surface area contributed by atoms with Crippen LogP contribution in [0.4, 0.5) is 0 Å². The van der Waals surface area contributed by atoms with E-state index in [0.717, 1.165) is 39.6 Å². The highest BCUT2D eigenvalue weighted by Crippen LogP contribution is 2.44. The van der Waals surface area contributed by atoms with Gasteiger partial charge in [-0.05, 0) is 50.3 Å². The fourth-order valence-electron chi connectivity index (χ4n) is 4.21. The summed E-state index contributed by atoms with van der Waals surface area (Å²) in [5, 5.41) is 0. The Labute approximate surface area is 152 Å². The van der Waals surface area contributed by atoms with E-state index < -0.39 is 0 Å². The van der Waals surface area contributed by atoms with Gasteiger partial charge in [-0.3, -0.25) is 0 Å². The summed E-state index contributed by atoms with van der Waals surface area (Å²) in [6, 6.07) is 10.4. The summed E-state index contributed by atoms with van der Waals surface area (Å²) in [5.41, 5.74) is 1.69. The number of benzene rings is 1. The molecule has 2 saturated heterocycles. The normalized spacial score (nSPS) is 23.8. The van der Waals surface area contributed by atoms with Crippen molar-refractivity contribution in [2.75, 3.05) is 52.7 Å². The number of hydrogen-bond acceptors (Lipinski definition) is 4. The second-order valence-electron chi connectivity index (χ2n) is 7.42. The van der Waals surface area contributed by atoms with E-state index in [1.54, 1.807) is 0 Å². The number of hydrogen-bond donors (Lipinski definition) is 0. The summed E-state index contributed by atoms with van der Waals surface area (Å²) < 4.78 is 17.3. The van der Waals surface area contributed by atoms with Crippen LogP contribution in [0.3, 0.4) is 0 Å². The molecule has 0 radical (unpaired) electrons. The maximum absolute atomic E-state index is 5.85. The van der Waals surface area contributed by atoms with Crippen LogP contribution >= 0.6 is 0 Å². The molecule has 0 amide bonds. The predicted octanol–water partition coefficient (Wildman–Crippen LogP) is 3.36. The van der Waals surface area contributed by atoms with E-state index in [2.05, 4.69) is 36.1 Å². The van der Waals surface area contributed by atoms with Gasteiger partial charge in [0.15, 0.2) is 0 Å². The Bertz CT molecular complexity index is 485. The standard InChI is InChI=1S/C21H33NO3/c1-2-23-17-20-18-24-14-10-21(20)8-11-22(12-9-21)13-15-25-16-19-6-4-3-5-7-19/h3-7,20H,2,8-18H2,1H3/t20-/m1/s1. The third-order valence-electron chi connectivity index (χ3n) is 5.97. The smallest absolute Gasteiger partial charge is 0.0717 e. The Hall–Kier alpha value is -0.940. The van der Waals surface area contributed by atoms with Crippen LogP contribution in [0.5, 0.6) is 0 Å². The molecule has 1 spiro atoms. The molecule has 1 atom stereocenters. The first kappa shape index (κ1) is 18.8. The molecule has 25 heavy (non-hydrogen) atoms. The van der Waals surface area contributed by atoms with E-state index in [-0.39, 0.29) is 0 Å². The van der Waals surface area contributed by atoms with Gasteiger partial charge in [-0.2, -0.15) is 0 Å². The van der Waals surface area contributed by atoms with Crippen molar-refractivity contribution in [2.45, 2.75) is 32.8 Å². The Kier molecular flexibility index (Phi) is 7.29. The van der Waals surface area contributed by atoms with Crippen molar-refractivity contribution in [2.24, 2.45) is 11.3 Å². The van der Waals surface area contributed by atoms with Crippen LogP contribution in [0.1, 0.15) is 31.7 Å². The van der Waals surface area contributed by atoms with Gasteiger partial charge in [0.1, 0.15) is 0 Å². The zero-order valence-electron chi connectivity index (χ0n) is 15.6. The van der Waals surface area contributed by atoms with Crippen LogP contribution < -0.4 is 0 Å². The van der Waals surface area contributed by atoms with Crippen molar-refractivity contribution in [3.8, 4) is 0 Å². The van der Waals surface area contributed by atoms with Gasteiger partial charge in [-0.1, -0.05) is 30.3 Å². The van der Waals surface area contributed by atoms with Gasteiger partial charge in [0.2, 0.25) is 0 Å². The average molecular weight is 347 g/mol. The molecular weight excluding hydrogens is 314 g/mol. The van der Waals surface area contributed by atoms with Gasteiger partial charge < -0.3 is 19.1 Å². The summed E-state index contributed by atoms with van der Waals surface area (Å²) >= 11 is 0. The highest BCUT2D eigenvalue weighted by molar-refractivity contribution is 5.13. The van der Waals surface area contributed by atoms with Crippen molar-refractivity contribution in [1.29, 1.82) is 0 Å². The molecule has 0 saturated carbocycles. The average Bonchev–Trinajstić information content (AvgIpc) is 2.67. The van der Waals surface area contributed by atoms with Crippen molar-refractivity contribution in [3.63, 3.8) is 0 Å². The first-order chi connectivity index (χ1) is 12.3. The van der Waals surface area contributed by atoms with E-state index in [1.165, 1.54) is 37.9 Å². The van der Waals surface area contributed by atoms with E-state index in [4.69, 9.17) is 14.2 Å². The van der Waals surface area contributed by atoms with Crippen LogP contribution in [0.2, 0.25) is 0 Å². The van der Waals surface area contributed by atoms with Gasteiger partial charge in [-0.25, -0.2) is 0 Å². The highest BCUT2D eigenvalue weighted by atomic mass is 16.5. The molecule has 0 bridgehead atoms. The SMILES string of the molecule is CCOC[C@@H]1COCCC12CCN(CCOCc1ccccc1)CC2. The third-order valence-corrected chi connectivity index (χ3v) is 5.97. The molecular formula is C21H33NO3. The molecule has 2 aliphatic rings. The second kappa shape index (κ2) is 9.67. The van der Waals surface area contributed by atoms with Crippen molar-refractivity contribution in [3.05, 3.63) is 35.9 Å². The van der Waals surface area contributed by atoms with Crippen LogP contribution in [-0.2, 0) is 20.8 Å². The lowest BCUT2D eigenvalue weighted by Gasteiger charge is -2.49. The van der Waals surface area contributed by atoms with Gasteiger partial charge in [0.25, 0.3) is 0 Å². The monoisotopic (exact) mass is 347 g/mol. The number of nitrogens with zero attached hydrogens (tertiary/aromatic N) is 1. The molecule has 4 nitrogen and oxygen atoms in total. The molecule has 140 valence electrons. The van der Waals surface area contributed by atoms with Crippen molar-refractivity contribution < 1.29 is 14.2 Å². The number of piperidine rings is 1. The molecule has 0 N–H and O–H groups in total. The van der Waals surface area contributed by atoms with E-state index in [0.29, 0.717) is 17.9 Å². The molecule has 0 aromatic heterocycles. The lowest BCUT2D eigenvalue weighted by atomic mass is 9.66. The number of likely N-dealkylation sites (tertiary alicyclic amines) is 1. The maximum atomic E-state index is 5.85. The Morgan fingerprint density at radius 3 is 2.68 bits per heavy atom. The molecule has 0 aliphatic carbocycles. The van der Waals surface area contributed by atoms with Gasteiger partial charge in [0.05, 0.1) is 26.4 Å². The van der Waals surface area contributed by atoms with E-state index >= 15 is 0 Å². The fourth-order valence-corrected chi connectivity index (χ4v) is 4.21. The number of rotatable bonds is 8. The van der Waals surface area contributed by atoms with Crippen LogP contribution in [0, 0.1) is 11.3 Å². The zero-order chi connectivity index (χ0) is 17.4. The van der Waals surface area contributed by atoms with Gasteiger partial charge in [0, 0.05) is 25.7 Å².